The van der Waals surface area contributed by atoms with Crippen LogP contribution >= 0.6 is 0 Å². The van der Waals surface area contributed by atoms with Crippen LogP contribution in [0.15, 0.2) is 0 Å². The maximum atomic E-state index is 11.3. The van der Waals surface area contributed by atoms with E-state index in [0.29, 0.717) is 17.1 Å². The van der Waals surface area contributed by atoms with Gasteiger partial charge in [0.15, 0.2) is 0 Å². The van der Waals surface area contributed by atoms with Gasteiger partial charge in [-0.2, -0.15) is 0 Å². The van der Waals surface area contributed by atoms with E-state index in [1.807, 2.05) is 0 Å². The highest BCUT2D eigenvalue weighted by Crippen LogP contribution is 2.64. The number of nitrogens with zero attached hydrogens (tertiary/aromatic N) is 1. The SMILES string of the molecule is CC(=O)C1C2C(CN1C)C2(C)C. The Hall–Kier alpha value is -0.370. The Balaban J connectivity index is 2.19. The lowest BCUT2D eigenvalue weighted by atomic mass is 9.99. The van der Waals surface area contributed by atoms with Gasteiger partial charge in [-0.1, -0.05) is 13.8 Å². The van der Waals surface area contributed by atoms with Crippen LogP contribution in [0.2, 0.25) is 0 Å². The molecule has 1 saturated carbocycles. The molecule has 1 heterocycles. The zero-order chi connectivity index (χ0) is 9.09. The van der Waals surface area contributed by atoms with E-state index < -0.39 is 0 Å². The molecule has 0 amide bonds. The van der Waals surface area contributed by atoms with Crippen molar-refractivity contribution in [1.29, 1.82) is 0 Å². The van der Waals surface area contributed by atoms with E-state index in [-0.39, 0.29) is 6.04 Å². The van der Waals surface area contributed by atoms with Crippen molar-refractivity contribution >= 4 is 5.78 Å². The lowest BCUT2D eigenvalue weighted by molar-refractivity contribution is -0.122. The Bertz CT molecular complexity index is 234. The van der Waals surface area contributed by atoms with Crippen LogP contribution in [0.5, 0.6) is 0 Å². The van der Waals surface area contributed by atoms with Crippen LogP contribution in [0.4, 0.5) is 0 Å². The molecule has 2 rings (SSSR count). The van der Waals surface area contributed by atoms with Crippen molar-refractivity contribution in [3.8, 4) is 0 Å². The number of piperidine rings is 1. The minimum Gasteiger partial charge on any atom is -0.298 e. The minimum atomic E-state index is 0.213. The van der Waals surface area contributed by atoms with E-state index in [1.165, 1.54) is 0 Å². The van der Waals surface area contributed by atoms with Crippen molar-refractivity contribution < 1.29 is 4.79 Å². The molecule has 3 unspecified atom stereocenters. The summed E-state index contributed by atoms with van der Waals surface area (Å²) in [7, 11) is 2.06. The van der Waals surface area contributed by atoms with E-state index >= 15 is 0 Å². The summed E-state index contributed by atoms with van der Waals surface area (Å²) in [5.41, 5.74) is 0.433. The van der Waals surface area contributed by atoms with E-state index in [0.717, 1.165) is 12.5 Å². The van der Waals surface area contributed by atoms with Gasteiger partial charge in [0, 0.05) is 6.54 Å². The zero-order valence-electron chi connectivity index (χ0n) is 8.29. The third-order valence-corrected chi connectivity index (χ3v) is 3.86. The highest BCUT2D eigenvalue weighted by Gasteiger charge is 2.66. The summed E-state index contributed by atoms with van der Waals surface area (Å²) >= 11 is 0. The van der Waals surface area contributed by atoms with Gasteiger partial charge in [-0.15, -0.1) is 0 Å². The molecule has 68 valence electrons. The first kappa shape index (κ1) is 8.24. The predicted molar refractivity (Wildman–Crippen MR) is 47.9 cm³/mol. The number of fused-ring (bicyclic) bond motifs is 1. The molecule has 1 aliphatic heterocycles. The molecule has 0 aromatic heterocycles. The molecule has 2 fully saturated rings. The Labute approximate surface area is 73.9 Å². The molecule has 2 nitrogen and oxygen atoms in total. The van der Waals surface area contributed by atoms with Gasteiger partial charge in [0.05, 0.1) is 6.04 Å². The number of likely N-dealkylation sites (N-methyl/N-ethyl adjacent to an activating group) is 1. The van der Waals surface area contributed by atoms with Crippen LogP contribution < -0.4 is 0 Å². The Morgan fingerprint density at radius 2 is 2.08 bits per heavy atom. The molecule has 0 N–H and O–H groups in total. The van der Waals surface area contributed by atoms with E-state index in [2.05, 4.69) is 25.8 Å². The average Bonchev–Trinajstić information content (AvgIpc) is 2.40. The standard InChI is InChI=1S/C10H17NO/c1-6(12)9-8-7(5-11(9)4)10(8,2)3/h7-9H,5H2,1-4H3. The van der Waals surface area contributed by atoms with Crippen LogP contribution in [-0.4, -0.2) is 30.3 Å². The summed E-state index contributed by atoms with van der Waals surface area (Å²) in [6, 6.07) is 0.213. The third kappa shape index (κ3) is 0.817. The predicted octanol–water partition coefficient (Wildman–Crippen LogP) is 1.16. The Morgan fingerprint density at radius 3 is 2.42 bits per heavy atom. The fraction of sp³-hybridized carbons (Fsp3) is 0.900. The van der Waals surface area contributed by atoms with Crippen molar-refractivity contribution in [3.63, 3.8) is 0 Å². The molecule has 1 saturated heterocycles. The normalized spacial score (nSPS) is 44.2. The lowest BCUT2D eigenvalue weighted by Crippen LogP contribution is -2.37. The van der Waals surface area contributed by atoms with Crippen molar-refractivity contribution in [1.82, 2.24) is 4.90 Å². The number of hydrogen-bond donors (Lipinski definition) is 0. The fourth-order valence-corrected chi connectivity index (χ4v) is 3.02. The Morgan fingerprint density at radius 1 is 1.50 bits per heavy atom. The first-order valence-electron chi connectivity index (χ1n) is 4.67. The van der Waals surface area contributed by atoms with Gasteiger partial charge >= 0.3 is 0 Å². The van der Waals surface area contributed by atoms with Gasteiger partial charge in [-0.05, 0) is 31.2 Å². The number of carbonyl (C=O) groups is 1. The molecule has 0 bridgehead atoms. The molecule has 0 aromatic carbocycles. The van der Waals surface area contributed by atoms with Crippen LogP contribution in [0.25, 0.3) is 0 Å². The van der Waals surface area contributed by atoms with E-state index in [4.69, 9.17) is 0 Å². The maximum Gasteiger partial charge on any atom is 0.147 e. The molecule has 0 aromatic rings. The summed E-state index contributed by atoms with van der Waals surface area (Å²) in [6.07, 6.45) is 0. The van der Waals surface area contributed by atoms with Gasteiger partial charge in [0.1, 0.15) is 5.78 Å². The molecule has 12 heavy (non-hydrogen) atoms. The number of rotatable bonds is 1. The van der Waals surface area contributed by atoms with Crippen LogP contribution in [0.3, 0.4) is 0 Å². The molecule has 1 aliphatic carbocycles. The highest BCUT2D eigenvalue weighted by molar-refractivity contribution is 5.83. The summed E-state index contributed by atoms with van der Waals surface area (Å²) in [5.74, 6) is 1.76. The van der Waals surface area contributed by atoms with Gasteiger partial charge in [0.2, 0.25) is 0 Å². The lowest BCUT2D eigenvalue weighted by Gasteiger charge is -2.24. The molecule has 2 aliphatic rings. The fourth-order valence-electron chi connectivity index (χ4n) is 3.02. The smallest absolute Gasteiger partial charge is 0.147 e. The number of carbonyl (C=O) groups excluding carboxylic acids is 1. The number of Topliss-reactive ketones (excluding diaryl/α,β-unsaturated/α-hetero) is 1. The summed E-state index contributed by atoms with van der Waals surface area (Å²) < 4.78 is 0. The second kappa shape index (κ2) is 2.11. The molecule has 3 atom stereocenters. The number of ketones is 1. The highest BCUT2D eigenvalue weighted by atomic mass is 16.1. The van der Waals surface area contributed by atoms with Crippen molar-refractivity contribution in [2.45, 2.75) is 26.8 Å². The van der Waals surface area contributed by atoms with Gasteiger partial charge in [-0.25, -0.2) is 0 Å². The van der Waals surface area contributed by atoms with Gasteiger partial charge < -0.3 is 0 Å². The van der Waals surface area contributed by atoms with Crippen LogP contribution in [-0.2, 0) is 4.79 Å². The summed E-state index contributed by atoms with van der Waals surface area (Å²) in [5, 5.41) is 0. The first-order chi connectivity index (χ1) is 5.46. The topological polar surface area (TPSA) is 20.3 Å². The zero-order valence-corrected chi connectivity index (χ0v) is 8.29. The third-order valence-electron chi connectivity index (χ3n) is 3.86. The second-order valence-electron chi connectivity index (χ2n) is 4.95. The Kier molecular flexibility index (Phi) is 1.45. The quantitative estimate of drug-likeness (QED) is 0.584. The van der Waals surface area contributed by atoms with E-state index in [9.17, 15) is 4.79 Å². The monoisotopic (exact) mass is 167 g/mol. The summed E-state index contributed by atoms with van der Waals surface area (Å²) in [6.45, 7) is 7.40. The summed E-state index contributed by atoms with van der Waals surface area (Å²) in [4.78, 5) is 13.6. The minimum absolute atomic E-state index is 0.213. The number of likely N-dealkylation sites (tertiary alicyclic amines) is 1. The van der Waals surface area contributed by atoms with Gasteiger partial charge in [-0.3, -0.25) is 9.69 Å². The van der Waals surface area contributed by atoms with Gasteiger partial charge in [0.25, 0.3) is 0 Å². The molecule has 0 radical (unpaired) electrons. The van der Waals surface area contributed by atoms with Crippen LogP contribution in [0.1, 0.15) is 20.8 Å². The maximum absolute atomic E-state index is 11.3. The molecule has 2 heteroatoms. The molecular weight excluding hydrogens is 150 g/mol. The van der Waals surface area contributed by atoms with E-state index in [1.54, 1.807) is 6.92 Å². The van der Waals surface area contributed by atoms with Crippen LogP contribution in [0, 0.1) is 17.3 Å². The van der Waals surface area contributed by atoms with Crippen molar-refractivity contribution in [3.05, 3.63) is 0 Å². The van der Waals surface area contributed by atoms with Crippen molar-refractivity contribution in [2.75, 3.05) is 13.6 Å². The largest absolute Gasteiger partial charge is 0.298 e. The second-order valence-corrected chi connectivity index (χ2v) is 4.95. The van der Waals surface area contributed by atoms with Crippen molar-refractivity contribution in [2.24, 2.45) is 17.3 Å². The molecule has 0 spiro atoms. The average molecular weight is 167 g/mol. The first-order valence-corrected chi connectivity index (χ1v) is 4.67. The molecular formula is C10H17NO. The number of hydrogen-bond acceptors (Lipinski definition) is 2.